The molecule has 3 aromatic rings. The largest absolute Gasteiger partial charge is 0.481 e. The molecule has 3 aromatic carbocycles. The van der Waals surface area contributed by atoms with Gasteiger partial charge in [0.2, 0.25) is 5.91 Å². The van der Waals surface area contributed by atoms with Crippen LogP contribution in [0.15, 0.2) is 72.8 Å². The van der Waals surface area contributed by atoms with Gasteiger partial charge in [-0.1, -0.05) is 36.4 Å². The van der Waals surface area contributed by atoms with E-state index in [0.717, 1.165) is 48.6 Å². The third-order valence-electron chi connectivity index (χ3n) is 8.11. The number of anilines is 2. The van der Waals surface area contributed by atoms with Crippen LogP contribution in [0.3, 0.4) is 0 Å². The van der Waals surface area contributed by atoms with E-state index in [1.165, 1.54) is 12.1 Å². The van der Waals surface area contributed by atoms with E-state index in [9.17, 15) is 24.8 Å². The summed E-state index contributed by atoms with van der Waals surface area (Å²) >= 11 is 0. The van der Waals surface area contributed by atoms with Crippen LogP contribution in [0.5, 0.6) is 0 Å². The number of carboxylic acid groups (broad SMARTS) is 1. The zero-order valence-electron chi connectivity index (χ0n) is 24.9. The lowest BCUT2D eigenvalue weighted by atomic mass is 9.99. The second kappa shape index (κ2) is 15.1. The maximum Gasteiger partial charge on any atom is 0.303 e. The van der Waals surface area contributed by atoms with Crippen LogP contribution in [0.1, 0.15) is 54.8 Å². The number of non-ortho nitro benzene ring substituents is 1. The smallest absolute Gasteiger partial charge is 0.303 e. The molecule has 3 N–H and O–H groups in total. The first-order valence-corrected chi connectivity index (χ1v) is 15.1. The number of carbonyl (C=O) groups excluding carboxylic acids is 1. The van der Waals surface area contributed by atoms with E-state index in [1.54, 1.807) is 18.2 Å². The van der Waals surface area contributed by atoms with Crippen molar-refractivity contribution in [2.45, 2.75) is 50.8 Å². The van der Waals surface area contributed by atoms with E-state index >= 15 is 0 Å². The lowest BCUT2D eigenvalue weighted by Gasteiger charge is -2.41. The molecule has 5 rings (SSSR count). The Morgan fingerprint density at radius 3 is 2.33 bits per heavy atom. The van der Waals surface area contributed by atoms with E-state index < -0.39 is 17.2 Å². The first-order chi connectivity index (χ1) is 21.8. The zero-order chi connectivity index (χ0) is 31.8. The number of amides is 1. The number of nitro groups is 1. The monoisotopic (exact) mass is 618 g/mol. The fourth-order valence-electron chi connectivity index (χ4n) is 5.68. The molecule has 2 aliphatic rings. The van der Waals surface area contributed by atoms with Crippen molar-refractivity contribution >= 4 is 28.9 Å². The first kappa shape index (κ1) is 32.0. The summed E-state index contributed by atoms with van der Waals surface area (Å²) in [5, 5.41) is 32.2. The van der Waals surface area contributed by atoms with Crippen LogP contribution >= 0.6 is 0 Å². The van der Waals surface area contributed by atoms with Gasteiger partial charge in [-0.3, -0.25) is 24.6 Å². The number of nitrogens with zero attached hydrogens (tertiary/aromatic N) is 3. The Bertz CT molecular complexity index is 1460. The Balaban J connectivity index is 1.25. The second-order valence-corrected chi connectivity index (χ2v) is 11.3. The molecular formula is C33H38N4O8. The van der Waals surface area contributed by atoms with E-state index in [-0.39, 0.29) is 49.7 Å². The highest BCUT2D eigenvalue weighted by atomic mass is 16.7. The molecule has 0 unspecified atom stereocenters. The molecule has 3 atom stereocenters. The minimum absolute atomic E-state index is 0.0408. The third-order valence-corrected chi connectivity index (χ3v) is 8.11. The SMILES string of the molecule is O=C(O)CCCC(=O)Nc1cccc([C@@H]2O[C@H](CN3CCN(c4ccc([N+](=O)[O-])cc4)CC3)C[C@H](c3ccc(CO)cc3)O2)c1. The summed E-state index contributed by atoms with van der Waals surface area (Å²) in [4.78, 5) is 38.4. The van der Waals surface area contributed by atoms with Crippen molar-refractivity contribution in [2.75, 3.05) is 42.9 Å². The average Bonchev–Trinajstić information content (AvgIpc) is 3.05. The number of aliphatic hydroxyl groups is 1. The molecular weight excluding hydrogens is 580 g/mol. The number of carboxylic acids is 1. The molecule has 1 amide bonds. The number of nitrogens with one attached hydrogen (secondary N) is 1. The van der Waals surface area contributed by atoms with E-state index in [1.807, 2.05) is 42.5 Å². The van der Waals surface area contributed by atoms with Crippen molar-refractivity contribution < 1.29 is 34.2 Å². The van der Waals surface area contributed by atoms with Gasteiger partial charge in [-0.15, -0.1) is 0 Å². The highest BCUT2D eigenvalue weighted by Gasteiger charge is 2.34. The van der Waals surface area contributed by atoms with Crippen LogP contribution in [0.25, 0.3) is 0 Å². The van der Waals surface area contributed by atoms with Gasteiger partial charge in [-0.25, -0.2) is 0 Å². The van der Waals surface area contributed by atoms with Gasteiger partial charge >= 0.3 is 5.97 Å². The summed E-state index contributed by atoms with van der Waals surface area (Å²) in [6.45, 7) is 3.83. The Morgan fingerprint density at radius 1 is 0.933 bits per heavy atom. The summed E-state index contributed by atoms with van der Waals surface area (Å²) in [6.07, 6.45) is -0.141. The number of nitro benzene ring substituents is 1. The van der Waals surface area contributed by atoms with Gasteiger partial charge in [0.05, 0.1) is 23.7 Å². The fraction of sp³-hybridized carbons (Fsp3) is 0.394. The molecule has 0 aromatic heterocycles. The number of benzene rings is 3. The summed E-state index contributed by atoms with van der Waals surface area (Å²) in [6, 6.07) is 21.6. The number of hydrogen-bond donors (Lipinski definition) is 3. The second-order valence-electron chi connectivity index (χ2n) is 11.3. The highest BCUT2D eigenvalue weighted by Crippen LogP contribution is 2.39. The molecule has 12 nitrogen and oxygen atoms in total. The van der Waals surface area contributed by atoms with Crippen LogP contribution < -0.4 is 10.2 Å². The molecule has 2 heterocycles. The van der Waals surface area contributed by atoms with Crippen molar-refractivity contribution in [3.8, 4) is 0 Å². The molecule has 0 aliphatic carbocycles. The van der Waals surface area contributed by atoms with Crippen LogP contribution in [0, 0.1) is 10.1 Å². The van der Waals surface area contributed by atoms with Gasteiger partial charge < -0.3 is 29.9 Å². The summed E-state index contributed by atoms with van der Waals surface area (Å²) in [5.41, 5.74) is 4.17. The predicted molar refractivity (Wildman–Crippen MR) is 167 cm³/mol. The average molecular weight is 619 g/mol. The van der Waals surface area contributed by atoms with Gasteiger partial charge in [-0.05, 0) is 41.8 Å². The van der Waals surface area contributed by atoms with Crippen LogP contribution in [0.2, 0.25) is 0 Å². The van der Waals surface area contributed by atoms with E-state index in [4.69, 9.17) is 14.6 Å². The molecule has 238 valence electrons. The molecule has 2 fully saturated rings. The minimum Gasteiger partial charge on any atom is -0.481 e. The third kappa shape index (κ3) is 8.85. The van der Waals surface area contributed by atoms with Crippen molar-refractivity contribution in [3.05, 3.63) is 99.6 Å². The van der Waals surface area contributed by atoms with Crippen molar-refractivity contribution in [1.29, 1.82) is 0 Å². The molecule has 2 saturated heterocycles. The fourth-order valence-corrected chi connectivity index (χ4v) is 5.68. The van der Waals surface area contributed by atoms with Crippen molar-refractivity contribution in [3.63, 3.8) is 0 Å². The van der Waals surface area contributed by atoms with Gasteiger partial charge in [0.25, 0.3) is 5.69 Å². The first-order valence-electron chi connectivity index (χ1n) is 15.1. The minimum atomic E-state index is -0.933. The predicted octanol–water partition coefficient (Wildman–Crippen LogP) is 4.65. The van der Waals surface area contributed by atoms with Crippen LogP contribution in [0.4, 0.5) is 17.1 Å². The Morgan fingerprint density at radius 2 is 1.67 bits per heavy atom. The van der Waals surface area contributed by atoms with Gasteiger partial charge in [-0.2, -0.15) is 0 Å². The normalized spacial score (nSPS) is 20.5. The molecule has 0 radical (unpaired) electrons. The number of ether oxygens (including phenoxy) is 2. The lowest BCUT2D eigenvalue weighted by molar-refractivity contribution is -0.384. The van der Waals surface area contributed by atoms with E-state index in [2.05, 4.69) is 15.1 Å². The Kier molecular flexibility index (Phi) is 10.7. The summed E-state index contributed by atoms with van der Waals surface area (Å²) in [7, 11) is 0. The number of rotatable bonds is 12. The number of aliphatic carboxylic acids is 1. The summed E-state index contributed by atoms with van der Waals surface area (Å²) in [5.74, 6) is -1.19. The molecule has 45 heavy (non-hydrogen) atoms. The number of aliphatic hydroxyl groups excluding tert-OH is 1. The Hall–Kier alpha value is -4.36. The van der Waals surface area contributed by atoms with Gasteiger partial charge in [0, 0.05) is 81.1 Å². The quantitative estimate of drug-likeness (QED) is 0.193. The Labute approximate surface area is 261 Å². The lowest BCUT2D eigenvalue weighted by Crippen LogP contribution is -2.49. The molecule has 2 aliphatic heterocycles. The molecule has 0 saturated carbocycles. The number of hydrogen-bond acceptors (Lipinski definition) is 9. The maximum absolute atomic E-state index is 12.4. The topological polar surface area (TPSA) is 155 Å². The molecule has 12 heteroatoms. The molecule has 0 spiro atoms. The van der Waals surface area contributed by atoms with Crippen molar-refractivity contribution in [2.24, 2.45) is 0 Å². The summed E-state index contributed by atoms with van der Waals surface area (Å²) < 4.78 is 13.0. The van der Waals surface area contributed by atoms with Gasteiger partial charge in [0.1, 0.15) is 0 Å². The number of piperazine rings is 1. The standard InChI is InChI=1S/C33H38N4O8/c38-22-23-7-9-24(10-8-23)30-20-29(21-35-15-17-36(18-16-35)27-11-13-28(14-12-27)37(42)43)44-33(45-30)25-3-1-4-26(19-25)34-31(39)5-2-6-32(40)41/h1,3-4,7-14,19,29-30,33,38H,2,5-6,15-18,20-22H2,(H,34,39)(H,40,41)/t29-,30+,33+/m0/s1. The van der Waals surface area contributed by atoms with Crippen LogP contribution in [-0.2, 0) is 25.7 Å². The number of carbonyl (C=O) groups is 2. The maximum atomic E-state index is 12.4. The zero-order valence-corrected chi connectivity index (χ0v) is 24.9. The van der Waals surface area contributed by atoms with Gasteiger partial charge in [0.15, 0.2) is 6.29 Å². The van der Waals surface area contributed by atoms with Crippen LogP contribution in [-0.4, -0.2) is 70.7 Å². The van der Waals surface area contributed by atoms with Crippen molar-refractivity contribution in [1.82, 2.24) is 4.90 Å². The highest BCUT2D eigenvalue weighted by molar-refractivity contribution is 5.90. The van der Waals surface area contributed by atoms with E-state index in [0.29, 0.717) is 18.7 Å². The molecule has 0 bridgehead atoms.